The minimum atomic E-state index is 0.674. The second-order valence-electron chi connectivity index (χ2n) is 5.60. The van der Waals surface area contributed by atoms with E-state index in [4.69, 9.17) is 17.0 Å². The second kappa shape index (κ2) is 6.00. The molecule has 1 aliphatic carbocycles. The molecule has 1 fully saturated rings. The van der Waals surface area contributed by atoms with E-state index in [-0.39, 0.29) is 0 Å². The van der Waals surface area contributed by atoms with E-state index in [1.807, 2.05) is 19.1 Å². The number of aromatic nitrogens is 2. The molecule has 3 rings (SSSR count). The number of nitrogens with one attached hydrogen (secondary N) is 1. The number of aromatic amines is 1. The van der Waals surface area contributed by atoms with Crippen LogP contribution >= 0.6 is 12.2 Å². The maximum atomic E-state index is 5.67. The molecule has 0 saturated heterocycles. The third kappa shape index (κ3) is 2.62. The van der Waals surface area contributed by atoms with Gasteiger partial charge in [-0.1, -0.05) is 31.7 Å². The van der Waals surface area contributed by atoms with Crippen LogP contribution in [0.3, 0.4) is 0 Å². The van der Waals surface area contributed by atoms with Gasteiger partial charge in [0.2, 0.25) is 0 Å². The third-order valence-electron chi connectivity index (χ3n) is 4.31. The molecule has 108 valence electrons. The number of aryl methyl sites for hydroxylation is 1. The molecule has 0 unspecified atom stereocenters. The summed E-state index contributed by atoms with van der Waals surface area (Å²) in [5.41, 5.74) is 2.20. The van der Waals surface area contributed by atoms with Crippen LogP contribution in [0.2, 0.25) is 0 Å². The zero-order valence-electron chi connectivity index (χ0n) is 12.0. The highest BCUT2D eigenvalue weighted by Gasteiger charge is 2.16. The number of para-hydroxylation sites is 1. The number of hydrogen-bond acceptors (Lipinski definition) is 2. The largest absolute Gasteiger partial charge is 0.492 e. The van der Waals surface area contributed by atoms with E-state index in [2.05, 4.69) is 15.6 Å². The van der Waals surface area contributed by atoms with Gasteiger partial charge < -0.3 is 14.3 Å². The molecule has 1 aliphatic rings. The van der Waals surface area contributed by atoms with Gasteiger partial charge in [-0.2, -0.15) is 0 Å². The second-order valence-corrected chi connectivity index (χ2v) is 5.99. The van der Waals surface area contributed by atoms with E-state index in [0.29, 0.717) is 6.61 Å². The zero-order chi connectivity index (χ0) is 13.9. The SMILES string of the molecule is CCOc1cccc2c1[nH]c(=S)n2CCC1CCCC1. The molecule has 1 heterocycles. The average Bonchev–Trinajstić information content (AvgIpc) is 3.05. The third-order valence-corrected chi connectivity index (χ3v) is 4.63. The molecule has 3 nitrogen and oxygen atoms in total. The highest BCUT2D eigenvalue weighted by molar-refractivity contribution is 7.71. The molecule has 0 amide bonds. The molecule has 2 aromatic rings. The van der Waals surface area contributed by atoms with E-state index in [0.717, 1.165) is 28.5 Å². The molecular weight excluding hydrogens is 268 g/mol. The Kier molecular flexibility index (Phi) is 4.10. The van der Waals surface area contributed by atoms with Gasteiger partial charge in [0, 0.05) is 6.54 Å². The van der Waals surface area contributed by atoms with Gasteiger partial charge in [-0.25, -0.2) is 0 Å². The van der Waals surface area contributed by atoms with E-state index in [9.17, 15) is 0 Å². The van der Waals surface area contributed by atoms with Crippen molar-refractivity contribution < 1.29 is 4.74 Å². The molecule has 0 aliphatic heterocycles. The summed E-state index contributed by atoms with van der Waals surface area (Å²) in [6, 6.07) is 6.17. The van der Waals surface area contributed by atoms with Gasteiger partial charge >= 0.3 is 0 Å². The number of H-pyrrole nitrogens is 1. The molecule has 0 spiro atoms. The first-order valence-electron chi connectivity index (χ1n) is 7.64. The fraction of sp³-hybridized carbons (Fsp3) is 0.562. The Labute approximate surface area is 125 Å². The smallest absolute Gasteiger partial charge is 0.178 e. The number of imidazole rings is 1. The molecule has 0 radical (unpaired) electrons. The summed E-state index contributed by atoms with van der Waals surface area (Å²) in [5, 5.41) is 0. The van der Waals surface area contributed by atoms with Gasteiger partial charge in [-0.3, -0.25) is 0 Å². The maximum absolute atomic E-state index is 5.67. The first-order chi connectivity index (χ1) is 9.79. The quantitative estimate of drug-likeness (QED) is 0.810. The first kappa shape index (κ1) is 13.7. The lowest BCUT2D eigenvalue weighted by Gasteiger charge is -2.10. The maximum Gasteiger partial charge on any atom is 0.178 e. The predicted molar refractivity (Wildman–Crippen MR) is 84.9 cm³/mol. The summed E-state index contributed by atoms with van der Waals surface area (Å²) in [6.45, 7) is 3.69. The highest BCUT2D eigenvalue weighted by Crippen LogP contribution is 2.30. The number of ether oxygens (including phenoxy) is 1. The molecule has 4 heteroatoms. The highest BCUT2D eigenvalue weighted by atomic mass is 32.1. The van der Waals surface area contributed by atoms with Gasteiger partial charge in [0.15, 0.2) is 4.77 Å². The van der Waals surface area contributed by atoms with Gasteiger partial charge in [0.05, 0.1) is 12.1 Å². The van der Waals surface area contributed by atoms with E-state index < -0.39 is 0 Å². The normalized spacial score (nSPS) is 16.1. The van der Waals surface area contributed by atoms with Crippen LogP contribution in [0.15, 0.2) is 18.2 Å². The number of nitrogens with zero attached hydrogens (tertiary/aromatic N) is 1. The van der Waals surface area contributed by atoms with Crippen LogP contribution in [0.1, 0.15) is 39.0 Å². The Morgan fingerprint density at radius 2 is 2.15 bits per heavy atom. The van der Waals surface area contributed by atoms with E-state index in [1.54, 1.807) is 0 Å². The Balaban J connectivity index is 1.88. The van der Waals surface area contributed by atoms with Gasteiger partial charge in [0.1, 0.15) is 11.3 Å². The van der Waals surface area contributed by atoms with Crippen molar-refractivity contribution in [2.45, 2.75) is 45.6 Å². The van der Waals surface area contributed by atoms with Crippen LogP contribution in [-0.4, -0.2) is 16.2 Å². The van der Waals surface area contributed by atoms with Crippen molar-refractivity contribution >= 4 is 23.3 Å². The Hall–Kier alpha value is -1.29. The number of hydrogen-bond donors (Lipinski definition) is 1. The van der Waals surface area contributed by atoms with Crippen LogP contribution in [0, 0.1) is 10.7 Å². The summed E-state index contributed by atoms with van der Waals surface area (Å²) >= 11 is 5.49. The fourth-order valence-electron chi connectivity index (χ4n) is 3.26. The Morgan fingerprint density at radius 1 is 1.35 bits per heavy atom. The summed E-state index contributed by atoms with van der Waals surface area (Å²) in [4.78, 5) is 3.31. The van der Waals surface area contributed by atoms with Crippen LogP contribution in [0.25, 0.3) is 11.0 Å². The van der Waals surface area contributed by atoms with Crippen molar-refractivity contribution in [3.8, 4) is 5.75 Å². The lowest BCUT2D eigenvalue weighted by Crippen LogP contribution is -2.03. The minimum absolute atomic E-state index is 0.674. The number of benzene rings is 1. The van der Waals surface area contributed by atoms with Crippen molar-refractivity contribution in [3.63, 3.8) is 0 Å². The molecule has 1 saturated carbocycles. The summed E-state index contributed by atoms with van der Waals surface area (Å²) in [7, 11) is 0. The van der Waals surface area contributed by atoms with Crippen LogP contribution in [0.4, 0.5) is 0 Å². The van der Waals surface area contributed by atoms with E-state index >= 15 is 0 Å². The fourth-order valence-corrected chi connectivity index (χ4v) is 3.55. The van der Waals surface area contributed by atoms with E-state index in [1.165, 1.54) is 37.6 Å². The van der Waals surface area contributed by atoms with Gasteiger partial charge in [0.25, 0.3) is 0 Å². The zero-order valence-corrected chi connectivity index (χ0v) is 12.8. The average molecular weight is 290 g/mol. The van der Waals surface area contributed by atoms with Gasteiger partial charge in [-0.05, 0) is 43.6 Å². The van der Waals surface area contributed by atoms with Gasteiger partial charge in [-0.15, -0.1) is 0 Å². The Bertz CT molecular complexity index is 637. The molecular formula is C16H22N2OS. The van der Waals surface area contributed by atoms with Crippen molar-refractivity contribution in [1.82, 2.24) is 9.55 Å². The summed E-state index contributed by atoms with van der Waals surface area (Å²) in [6.07, 6.45) is 6.82. The molecule has 1 aromatic heterocycles. The van der Waals surface area contributed by atoms with Crippen molar-refractivity contribution in [2.24, 2.45) is 5.92 Å². The summed E-state index contributed by atoms with van der Waals surface area (Å²) in [5.74, 6) is 1.78. The Morgan fingerprint density at radius 3 is 2.90 bits per heavy atom. The molecule has 20 heavy (non-hydrogen) atoms. The lowest BCUT2D eigenvalue weighted by molar-refractivity contribution is 0.343. The topological polar surface area (TPSA) is 29.9 Å². The molecule has 0 bridgehead atoms. The molecule has 1 aromatic carbocycles. The number of rotatable bonds is 5. The minimum Gasteiger partial charge on any atom is -0.492 e. The van der Waals surface area contributed by atoms with Crippen molar-refractivity contribution in [2.75, 3.05) is 6.61 Å². The summed E-state index contributed by atoms with van der Waals surface area (Å²) < 4.78 is 8.71. The molecule has 1 N–H and O–H groups in total. The first-order valence-corrected chi connectivity index (χ1v) is 8.04. The van der Waals surface area contributed by atoms with Crippen LogP contribution < -0.4 is 4.74 Å². The van der Waals surface area contributed by atoms with Crippen LogP contribution in [-0.2, 0) is 6.54 Å². The van der Waals surface area contributed by atoms with Crippen molar-refractivity contribution in [1.29, 1.82) is 0 Å². The predicted octanol–water partition coefficient (Wildman–Crippen LogP) is 4.68. The molecule has 0 atom stereocenters. The number of fused-ring (bicyclic) bond motifs is 1. The van der Waals surface area contributed by atoms with Crippen molar-refractivity contribution in [3.05, 3.63) is 23.0 Å². The standard InChI is InChI=1S/C16H22N2OS/c1-2-19-14-9-5-8-13-15(14)17-16(20)18(13)11-10-12-6-3-4-7-12/h5,8-9,12H,2-4,6-7,10-11H2,1H3,(H,17,20). The monoisotopic (exact) mass is 290 g/mol. The lowest BCUT2D eigenvalue weighted by atomic mass is 10.0. The van der Waals surface area contributed by atoms with Crippen LogP contribution in [0.5, 0.6) is 5.75 Å².